The van der Waals surface area contributed by atoms with E-state index in [-0.39, 0.29) is 0 Å². The molecule has 0 aliphatic rings. The quantitative estimate of drug-likeness (QED) is 0.743. The molecule has 18 heavy (non-hydrogen) atoms. The molecule has 1 atom stereocenters. The third-order valence-corrected chi connectivity index (χ3v) is 4.15. The van der Waals surface area contributed by atoms with Gasteiger partial charge in [0.25, 0.3) is 0 Å². The number of para-hydroxylation sites is 1. The van der Waals surface area contributed by atoms with Gasteiger partial charge in [0, 0.05) is 24.3 Å². The predicted molar refractivity (Wildman–Crippen MR) is 82.2 cm³/mol. The Hall–Kier alpha value is -0.930. The number of benzene rings is 1. The van der Waals surface area contributed by atoms with Gasteiger partial charge in [0.1, 0.15) is 0 Å². The molecule has 0 saturated carbocycles. The molecule has 0 radical (unpaired) electrons. The molecule has 0 aliphatic heterocycles. The van der Waals surface area contributed by atoms with Crippen molar-refractivity contribution in [1.82, 2.24) is 10.3 Å². The molecule has 1 aromatic carbocycles. The van der Waals surface area contributed by atoms with Crippen LogP contribution in [0, 0.1) is 0 Å². The lowest BCUT2D eigenvalue weighted by Gasteiger charge is -2.13. The summed E-state index contributed by atoms with van der Waals surface area (Å²) in [4.78, 5) is 3.32. The molecule has 3 heteroatoms. The Morgan fingerprint density at radius 1 is 1.33 bits per heavy atom. The molecule has 2 aromatic rings. The maximum absolute atomic E-state index is 3.61. The number of fused-ring (bicyclic) bond motifs is 1. The van der Waals surface area contributed by atoms with Crippen LogP contribution in [0.3, 0.4) is 0 Å². The fraction of sp³-hybridized carbons (Fsp3) is 0.467. The van der Waals surface area contributed by atoms with Crippen molar-refractivity contribution in [3.05, 3.63) is 36.0 Å². The summed E-state index contributed by atoms with van der Waals surface area (Å²) in [5, 5.41) is 4.90. The molecule has 0 aliphatic carbocycles. The highest BCUT2D eigenvalue weighted by Gasteiger charge is 2.04. The highest BCUT2D eigenvalue weighted by atomic mass is 32.2. The summed E-state index contributed by atoms with van der Waals surface area (Å²) in [5.41, 5.74) is 2.62. The van der Waals surface area contributed by atoms with Gasteiger partial charge in [-0.1, -0.05) is 25.1 Å². The summed E-state index contributed by atoms with van der Waals surface area (Å²) in [7, 11) is 0. The molecule has 1 aromatic heterocycles. The molecule has 2 N–H and O–H groups in total. The maximum Gasteiger partial charge on any atom is 0.0499 e. The largest absolute Gasteiger partial charge is 0.361 e. The van der Waals surface area contributed by atoms with Crippen LogP contribution in [0.5, 0.6) is 0 Å². The van der Waals surface area contributed by atoms with Crippen molar-refractivity contribution in [2.24, 2.45) is 0 Å². The second-order valence-corrected chi connectivity index (χ2v) is 6.02. The van der Waals surface area contributed by atoms with Gasteiger partial charge in [-0.3, -0.25) is 0 Å². The molecular weight excluding hydrogens is 240 g/mol. The van der Waals surface area contributed by atoms with Crippen LogP contribution in [0.2, 0.25) is 0 Å². The van der Waals surface area contributed by atoms with E-state index in [1.54, 1.807) is 0 Å². The van der Waals surface area contributed by atoms with E-state index in [2.05, 4.69) is 48.4 Å². The lowest BCUT2D eigenvalue weighted by Crippen LogP contribution is -2.26. The van der Waals surface area contributed by atoms with E-state index < -0.39 is 0 Å². The summed E-state index contributed by atoms with van der Waals surface area (Å²) in [6.45, 7) is 5.43. The van der Waals surface area contributed by atoms with Crippen molar-refractivity contribution in [2.75, 3.05) is 11.5 Å². The highest BCUT2D eigenvalue weighted by Crippen LogP contribution is 2.17. The van der Waals surface area contributed by atoms with Crippen molar-refractivity contribution in [1.29, 1.82) is 0 Å². The Bertz CT molecular complexity index is 478. The van der Waals surface area contributed by atoms with Gasteiger partial charge in [0.2, 0.25) is 0 Å². The number of hydrogen-bond donors (Lipinski definition) is 2. The number of nitrogens with one attached hydrogen (secondary N) is 2. The summed E-state index contributed by atoms with van der Waals surface area (Å²) in [5.74, 6) is 2.46. The van der Waals surface area contributed by atoms with Crippen molar-refractivity contribution in [2.45, 2.75) is 32.9 Å². The van der Waals surface area contributed by atoms with E-state index in [4.69, 9.17) is 0 Å². The molecule has 0 bridgehead atoms. The first-order valence-electron chi connectivity index (χ1n) is 6.67. The van der Waals surface area contributed by atoms with Crippen LogP contribution in [0.4, 0.5) is 0 Å². The first kappa shape index (κ1) is 13.5. The third-order valence-electron chi connectivity index (χ3n) is 3.21. The first-order valence-corrected chi connectivity index (χ1v) is 7.83. The van der Waals surface area contributed by atoms with Gasteiger partial charge >= 0.3 is 0 Å². The Kier molecular flexibility index (Phi) is 5.14. The van der Waals surface area contributed by atoms with E-state index >= 15 is 0 Å². The van der Waals surface area contributed by atoms with Gasteiger partial charge in [0.05, 0.1) is 0 Å². The SMILES string of the molecule is CCSCCC(C)NCc1cccc2cc[nH]c12. The Labute approximate surface area is 114 Å². The minimum atomic E-state index is 0.578. The average molecular weight is 262 g/mol. The van der Waals surface area contributed by atoms with E-state index in [1.165, 1.54) is 34.4 Å². The molecule has 98 valence electrons. The molecular formula is C15H22N2S. The standard InChI is InChI=1S/C15H22N2S/c1-3-18-10-8-12(2)17-11-14-6-4-5-13-7-9-16-15(13)14/h4-7,9,12,16-17H,3,8,10-11H2,1-2H3. The van der Waals surface area contributed by atoms with Gasteiger partial charge in [-0.15, -0.1) is 0 Å². The van der Waals surface area contributed by atoms with Crippen LogP contribution in [-0.4, -0.2) is 22.5 Å². The second-order valence-electron chi connectivity index (χ2n) is 4.63. The minimum Gasteiger partial charge on any atom is -0.361 e. The molecule has 0 amide bonds. The molecule has 1 heterocycles. The third kappa shape index (κ3) is 3.53. The van der Waals surface area contributed by atoms with Crippen LogP contribution in [0.1, 0.15) is 25.8 Å². The number of H-pyrrole nitrogens is 1. The monoisotopic (exact) mass is 262 g/mol. The second kappa shape index (κ2) is 6.86. The van der Waals surface area contributed by atoms with Gasteiger partial charge in [-0.05, 0) is 41.9 Å². The Balaban J connectivity index is 1.88. The lowest BCUT2D eigenvalue weighted by atomic mass is 10.1. The summed E-state index contributed by atoms with van der Waals surface area (Å²) in [6, 6.07) is 9.18. The zero-order valence-corrected chi connectivity index (χ0v) is 12.0. The van der Waals surface area contributed by atoms with Crippen LogP contribution in [-0.2, 0) is 6.54 Å². The lowest BCUT2D eigenvalue weighted by molar-refractivity contribution is 0.538. The molecule has 2 nitrogen and oxygen atoms in total. The Morgan fingerprint density at radius 2 is 2.22 bits per heavy atom. The minimum absolute atomic E-state index is 0.578. The number of aromatic nitrogens is 1. The predicted octanol–water partition coefficient (Wildman–Crippen LogP) is 3.79. The van der Waals surface area contributed by atoms with Crippen molar-refractivity contribution in [3.63, 3.8) is 0 Å². The van der Waals surface area contributed by atoms with E-state index in [1.807, 2.05) is 18.0 Å². The number of rotatable bonds is 7. The zero-order valence-electron chi connectivity index (χ0n) is 11.2. The first-order chi connectivity index (χ1) is 8.81. The smallest absolute Gasteiger partial charge is 0.0499 e. The van der Waals surface area contributed by atoms with E-state index in [9.17, 15) is 0 Å². The summed E-state index contributed by atoms with van der Waals surface area (Å²) < 4.78 is 0. The van der Waals surface area contributed by atoms with Crippen LogP contribution in [0.25, 0.3) is 10.9 Å². The van der Waals surface area contributed by atoms with Gasteiger partial charge in [0.15, 0.2) is 0 Å². The molecule has 2 rings (SSSR count). The number of aromatic amines is 1. The average Bonchev–Trinajstić information content (AvgIpc) is 2.85. The van der Waals surface area contributed by atoms with Crippen molar-refractivity contribution < 1.29 is 0 Å². The fourth-order valence-electron chi connectivity index (χ4n) is 2.09. The number of hydrogen-bond acceptors (Lipinski definition) is 2. The molecule has 0 saturated heterocycles. The zero-order chi connectivity index (χ0) is 12.8. The molecule has 0 spiro atoms. The summed E-state index contributed by atoms with van der Waals surface area (Å²) in [6.07, 6.45) is 3.24. The van der Waals surface area contributed by atoms with Crippen LogP contribution in [0.15, 0.2) is 30.5 Å². The van der Waals surface area contributed by atoms with Gasteiger partial charge in [-0.25, -0.2) is 0 Å². The maximum atomic E-state index is 3.61. The van der Waals surface area contributed by atoms with Crippen molar-refractivity contribution >= 4 is 22.7 Å². The molecule has 1 unspecified atom stereocenters. The van der Waals surface area contributed by atoms with Crippen LogP contribution < -0.4 is 5.32 Å². The van der Waals surface area contributed by atoms with Gasteiger partial charge in [-0.2, -0.15) is 11.8 Å². The normalized spacial score (nSPS) is 13.0. The topological polar surface area (TPSA) is 27.8 Å². The van der Waals surface area contributed by atoms with E-state index in [0.29, 0.717) is 6.04 Å². The fourth-order valence-corrected chi connectivity index (χ4v) is 2.90. The molecule has 0 fully saturated rings. The van der Waals surface area contributed by atoms with Gasteiger partial charge < -0.3 is 10.3 Å². The summed E-state index contributed by atoms with van der Waals surface area (Å²) >= 11 is 2.02. The Morgan fingerprint density at radius 3 is 3.06 bits per heavy atom. The van der Waals surface area contributed by atoms with E-state index in [0.717, 1.165) is 6.54 Å². The van der Waals surface area contributed by atoms with Crippen molar-refractivity contribution in [3.8, 4) is 0 Å². The highest BCUT2D eigenvalue weighted by molar-refractivity contribution is 7.99. The number of thioether (sulfide) groups is 1. The van der Waals surface area contributed by atoms with Crippen LogP contribution >= 0.6 is 11.8 Å².